The third-order valence-corrected chi connectivity index (χ3v) is 4.19. The van der Waals surface area contributed by atoms with Gasteiger partial charge in [-0.05, 0) is 19.4 Å². The van der Waals surface area contributed by atoms with E-state index in [2.05, 4.69) is 12.0 Å². The standard InChI is InChI=1S/C6H14N2O7S2/c7-5-3-1-2-4-6(8)13-16(9,10)15-17(11,12)14-6/h1-5,7-8H2. The lowest BCUT2D eigenvalue weighted by Gasteiger charge is -2.30. The normalized spacial score (nSPS) is 25.5. The molecule has 0 aromatic rings. The van der Waals surface area contributed by atoms with Gasteiger partial charge in [-0.1, -0.05) is 6.42 Å². The van der Waals surface area contributed by atoms with Crippen molar-refractivity contribution in [2.24, 2.45) is 11.5 Å². The molecule has 0 radical (unpaired) electrons. The molecule has 11 heteroatoms. The van der Waals surface area contributed by atoms with Gasteiger partial charge in [0.15, 0.2) is 0 Å². The number of rotatable bonds is 5. The highest BCUT2D eigenvalue weighted by atomic mass is 32.3. The van der Waals surface area contributed by atoms with Gasteiger partial charge in [0.1, 0.15) is 0 Å². The maximum absolute atomic E-state index is 11.0. The predicted octanol–water partition coefficient (Wildman–Crippen LogP) is -1.33. The average molecular weight is 290 g/mol. The lowest BCUT2D eigenvalue weighted by atomic mass is 10.1. The molecule has 0 aliphatic carbocycles. The summed E-state index contributed by atoms with van der Waals surface area (Å²) in [6, 6.07) is 0. The molecule has 4 N–H and O–H groups in total. The van der Waals surface area contributed by atoms with E-state index in [-0.39, 0.29) is 6.42 Å². The molecule has 1 aliphatic heterocycles. The topological polar surface area (TPSA) is 148 Å². The Morgan fingerprint density at radius 1 is 0.941 bits per heavy atom. The van der Waals surface area contributed by atoms with Gasteiger partial charge >= 0.3 is 20.8 Å². The fourth-order valence-corrected chi connectivity index (χ4v) is 3.27. The van der Waals surface area contributed by atoms with Crippen molar-refractivity contribution >= 4 is 20.8 Å². The molecule has 0 aromatic heterocycles. The molecule has 0 aromatic carbocycles. The fourth-order valence-electron chi connectivity index (χ4n) is 1.27. The molecular weight excluding hydrogens is 276 g/mol. The zero-order valence-electron chi connectivity index (χ0n) is 8.86. The average Bonchev–Trinajstić information content (AvgIpc) is 2.06. The molecule has 17 heavy (non-hydrogen) atoms. The molecule has 1 rings (SSSR count). The molecule has 1 saturated heterocycles. The van der Waals surface area contributed by atoms with Crippen LogP contribution in [0.3, 0.4) is 0 Å². The summed E-state index contributed by atoms with van der Waals surface area (Å²) in [6.07, 6.45) is 1.63. The Labute approximate surface area is 99.7 Å². The first-order valence-corrected chi connectivity index (χ1v) is 7.46. The second-order valence-corrected chi connectivity index (χ2v) is 5.97. The van der Waals surface area contributed by atoms with Crippen molar-refractivity contribution in [2.75, 3.05) is 6.54 Å². The molecule has 0 saturated carbocycles. The van der Waals surface area contributed by atoms with Crippen LogP contribution in [0.15, 0.2) is 0 Å². The first-order valence-electron chi connectivity index (χ1n) is 4.79. The number of unbranched alkanes of at least 4 members (excludes halogenated alkanes) is 2. The fraction of sp³-hybridized carbons (Fsp3) is 1.00. The third kappa shape index (κ3) is 4.83. The molecular formula is C6H14N2O7S2. The highest BCUT2D eigenvalue weighted by molar-refractivity contribution is 7.95. The van der Waals surface area contributed by atoms with Crippen molar-refractivity contribution in [3.05, 3.63) is 0 Å². The van der Waals surface area contributed by atoms with E-state index in [1.54, 1.807) is 0 Å². The van der Waals surface area contributed by atoms with Gasteiger partial charge in [-0.3, -0.25) is 5.73 Å². The Morgan fingerprint density at radius 3 is 1.94 bits per heavy atom. The molecule has 1 aliphatic rings. The summed E-state index contributed by atoms with van der Waals surface area (Å²) in [4.78, 5) is 0. The maximum atomic E-state index is 11.0. The number of nitrogens with two attached hydrogens (primary N) is 2. The largest absolute Gasteiger partial charge is 0.420 e. The summed E-state index contributed by atoms with van der Waals surface area (Å²) in [5.74, 6) is -2.25. The molecule has 0 spiro atoms. The minimum Gasteiger partial charge on any atom is -0.330 e. The number of hydrogen-bond acceptors (Lipinski definition) is 9. The summed E-state index contributed by atoms with van der Waals surface area (Å²) in [6.45, 7) is 0.471. The van der Waals surface area contributed by atoms with Crippen LogP contribution < -0.4 is 11.5 Å². The van der Waals surface area contributed by atoms with Crippen LogP contribution in [-0.2, 0) is 32.8 Å². The van der Waals surface area contributed by atoms with Gasteiger partial charge in [0, 0.05) is 6.42 Å². The summed E-state index contributed by atoms with van der Waals surface area (Å²) in [7, 11) is -9.41. The first-order chi connectivity index (χ1) is 7.68. The van der Waals surface area contributed by atoms with Crippen molar-refractivity contribution in [2.45, 2.75) is 31.6 Å². The van der Waals surface area contributed by atoms with Gasteiger partial charge in [0.05, 0.1) is 0 Å². The van der Waals surface area contributed by atoms with E-state index in [0.29, 0.717) is 25.8 Å². The van der Waals surface area contributed by atoms with Gasteiger partial charge in [0.25, 0.3) is 5.91 Å². The Hall–Kier alpha value is -0.300. The van der Waals surface area contributed by atoms with Gasteiger partial charge in [-0.25, -0.2) is 0 Å². The lowest BCUT2D eigenvalue weighted by Crippen LogP contribution is -2.52. The molecule has 0 amide bonds. The highest BCUT2D eigenvalue weighted by Crippen LogP contribution is 2.27. The van der Waals surface area contributed by atoms with E-state index in [0.717, 1.165) is 0 Å². The Bertz CT molecular complexity index is 423. The van der Waals surface area contributed by atoms with E-state index in [1.807, 2.05) is 0 Å². The van der Waals surface area contributed by atoms with E-state index >= 15 is 0 Å². The SMILES string of the molecule is NCCCCCC1(N)OS(=O)(=O)OS(=O)(=O)O1. The minimum atomic E-state index is -4.70. The second kappa shape index (κ2) is 5.14. The lowest BCUT2D eigenvalue weighted by molar-refractivity contribution is -0.130. The van der Waals surface area contributed by atoms with Crippen LogP contribution in [0.4, 0.5) is 0 Å². The Morgan fingerprint density at radius 2 is 1.47 bits per heavy atom. The monoisotopic (exact) mass is 290 g/mol. The smallest absolute Gasteiger partial charge is 0.330 e. The van der Waals surface area contributed by atoms with Crippen LogP contribution in [0.25, 0.3) is 0 Å². The van der Waals surface area contributed by atoms with Crippen LogP contribution in [0.1, 0.15) is 25.7 Å². The highest BCUT2D eigenvalue weighted by Gasteiger charge is 2.47. The zero-order chi connectivity index (χ0) is 13.2. The van der Waals surface area contributed by atoms with Gasteiger partial charge < -0.3 is 5.73 Å². The van der Waals surface area contributed by atoms with Crippen LogP contribution in [-0.4, -0.2) is 29.3 Å². The van der Waals surface area contributed by atoms with Gasteiger partial charge in [-0.15, -0.1) is 3.63 Å². The van der Waals surface area contributed by atoms with E-state index in [1.165, 1.54) is 0 Å². The molecule has 1 heterocycles. The quantitative estimate of drug-likeness (QED) is 0.587. The van der Waals surface area contributed by atoms with Crippen molar-refractivity contribution in [3.63, 3.8) is 0 Å². The van der Waals surface area contributed by atoms with Crippen LogP contribution >= 0.6 is 0 Å². The molecule has 9 nitrogen and oxygen atoms in total. The van der Waals surface area contributed by atoms with Crippen LogP contribution in [0.5, 0.6) is 0 Å². The molecule has 0 atom stereocenters. The van der Waals surface area contributed by atoms with Crippen LogP contribution in [0, 0.1) is 0 Å². The van der Waals surface area contributed by atoms with Crippen LogP contribution in [0.2, 0.25) is 0 Å². The summed E-state index contributed by atoms with van der Waals surface area (Å²) in [5, 5.41) is 0. The summed E-state index contributed by atoms with van der Waals surface area (Å²) < 4.78 is 56.0. The van der Waals surface area contributed by atoms with E-state index in [4.69, 9.17) is 11.5 Å². The molecule has 0 bridgehead atoms. The molecule has 102 valence electrons. The molecule has 0 unspecified atom stereocenters. The van der Waals surface area contributed by atoms with Crippen molar-refractivity contribution in [1.29, 1.82) is 0 Å². The summed E-state index contributed by atoms with van der Waals surface area (Å²) in [5.41, 5.74) is 10.6. The Balaban J connectivity index is 2.68. The van der Waals surface area contributed by atoms with E-state index in [9.17, 15) is 16.8 Å². The first kappa shape index (κ1) is 14.8. The second-order valence-electron chi connectivity index (χ2n) is 3.46. The van der Waals surface area contributed by atoms with Crippen molar-refractivity contribution < 1.29 is 28.8 Å². The van der Waals surface area contributed by atoms with Gasteiger partial charge in [-0.2, -0.15) is 25.2 Å². The molecule has 1 fully saturated rings. The third-order valence-electron chi connectivity index (χ3n) is 1.88. The minimum absolute atomic E-state index is 0.116. The summed E-state index contributed by atoms with van der Waals surface area (Å²) >= 11 is 0. The van der Waals surface area contributed by atoms with Crippen molar-refractivity contribution in [3.8, 4) is 0 Å². The van der Waals surface area contributed by atoms with Gasteiger partial charge in [0.2, 0.25) is 0 Å². The number of hydrogen-bond donors (Lipinski definition) is 2. The zero-order valence-corrected chi connectivity index (χ0v) is 10.5. The predicted molar refractivity (Wildman–Crippen MR) is 55.5 cm³/mol. The maximum Gasteiger partial charge on any atom is 0.420 e. The Kier molecular flexibility index (Phi) is 4.46. The van der Waals surface area contributed by atoms with Crippen molar-refractivity contribution in [1.82, 2.24) is 0 Å². The van der Waals surface area contributed by atoms with E-state index < -0.39 is 26.7 Å².